The van der Waals surface area contributed by atoms with E-state index in [0.717, 1.165) is 12.4 Å². The molecule has 0 saturated heterocycles. The minimum atomic E-state index is -3.37. The molecule has 8 aromatic carbocycles. The van der Waals surface area contributed by atoms with Gasteiger partial charge in [0, 0.05) is 140 Å². The molecule has 26 nitrogen and oxygen atoms in total. The van der Waals surface area contributed by atoms with Crippen LogP contribution in [-0.4, -0.2) is 175 Å². The van der Waals surface area contributed by atoms with Crippen LogP contribution in [0.25, 0.3) is 65.3 Å². The molecule has 3 unspecified atom stereocenters. The Hall–Kier alpha value is -6.71. The molecule has 8 aromatic rings. The molecule has 116 heavy (non-hydrogen) atoms. The quantitative estimate of drug-likeness (QED) is 0.00568. The number of nitrogens with two attached hydrogens (primary N) is 4. The molecule has 0 spiro atoms. The predicted molar refractivity (Wildman–Crippen MR) is 475 cm³/mol. The minimum Gasteiger partial charge on any atom is -0.480 e. The van der Waals surface area contributed by atoms with Crippen LogP contribution >= 0.6 is 98.4 Å². The van der Waals surface area contributed by atoms with Crippen molar-refractivity contribution in [3.05, 3.63) is 91.0 Å². The summed E-state index contributed by atoms with van der Waals surface area (Å²) in [6, 6.07) is 6.54. The van der Waals surface area contributed by atoms with E-state index in [4.69, 9.17) is 28.0 Å². The third-order valence-corrected chi connectivity index (χ3v) is 19.6. The van der Waals surface area contributed by atoms with E-state index < -0.39 is 147 Å². The minimum absolute atomic E-state index is 0. The number of carbonyl (C=O) groups excluding carboxylic acids is 2. The molecule has 0 aromatic heterocycles. The normalized spacial score (nSPS) is 13.2. The number of carboxylic acid groups (broad SMARTS) is 3. The van der Waals surface area contributed by atoms with Crippen molar-refractivity contribution in [2.24, 2.45) is 32.9 Å². The molecule has 0 heterocycles. The Bertz CT molecular complexity index is 4790. The Morgan fingerprint density at radius 2 is 0.603 bits per heavy atom. The van der Waals surface area contributed by atoms with E-state index in [9.17, 15) is 122 Å². The number of aliphatic carboxylic acids is 3. The molecule has 0 amide bonds. The number of nitrogens with zero attached hydrogens (tertiary/aromatic N) is 2. The van der Waals surface area contributed by atoms with Crippen LogP contribution in [0.15, 0.2) is 34.3 Å². The maximum Gasteiger partial charge on any atom is 0.329 e. The van der Waals surface area contributed by atoms with E-state index in [-0.39, 0.29) is 169 Å². The molecular formula is C78H93F6I6N6O20-. The Kier molecular flexibility index (Phi) is 38.8. The number of fused-ring (bicyclic) bond motifs is 4. The molecule has 0 aliphatic heterocycles. The zero-order valence-electron chi connectivity index (χ0n) is 64.5. The Morgan fingerprint density at radius 1 is 0.405 bits per heavy atom. The van der Waals surface area contributed by atoms with Gasteiger partial charge in [-0.3, -0.25) is 19.6 Å². The van der Waals surface area contributed by atoms with Crippen molar-refractivity contribution in [2.75, 3.05) is 19.6 Å². The van der Waals surface area contributed by atoms with Gasteiger partial charge in [0.05, 0.1) is 11.1 Å². The van der Waals surface area contributed by atoms with Gasteiger partial charge < -0.3 is 99.5 Å². The van der Waals surface area contributed by atoms with Gasteiger partial charge in [-0.1, -0.05) is 79.7 Å². The number of phenolic OH excluding ortho intramolecular Hbond substituents is 12. The second-order valence-corrected chi connectivity index (χ2v) is 44.7. The summed E-state index contributed by atoms with van der Waals surface area (Å²) in [6.45, 7) is 20.4. The molecule has 0 bridgehead atoms. The molecule has 0 fully saturated rings. The number of alkyl halides is 6. The topological polar surface area (TPSA) is 518 Å². The molecule has 0 aliphatic carbocycles. The van der Waals surface area contributed by atoms with Crippen molar-refractivity contribution < 1.29 is 140 Å². The molecule has 23 N–H and O–H groups in total. The standard InChI is InChI=1S/C42H50F4N4O10.C30H30O8.C6H12F2N2O2.I3.I2.HI/c1-17(2)25-21-13-19(5)27(33(53)29(21)23(31(51)35(25)55)15-49-11-7-9-41(47,37(43)44)39(57)58)28-20(6)14-22-26(18(3)4)36(56)32(52)24(30(22)34(28)54)16-50-12-8-10-42(48,38(45)46)40(59)60;1-11(2)19-15-7-13(5)21(27(35)23(15)17(9-31)25(33)29(19)37)22-14(6)8-16-20(12(3)4)30(38)26(34)18(10-32)24(16)28(22)36;7-4(8)6(10,5(11)12)2-1-3-9;1-3-2;1-2;/h13-18,37-38,51-56H,7-12,47-48H2,1-6H3,(H,57,58)(H,59,60);7-12,33-38H,1-6H3;4H,1-3,9-10H2,(H,11,12);;;1H/q;;;-1;;. The Morgan fingerprint density at radius 3 is 0.784 bits per heavy atom. The maximum absolute atomic E-state index is 13.4. The summed E-state index contributed by atoms with van der Waals surface area (Å²) < 4.78 is 78.0. The van der Waals surface area contributed by atoms with Crippen LogP contribution in [-0.2, 0) is 14.4 Å². The first-order chi connectivity index (χ1) is 53.5. The number of aromatic hydroxyl groups is 12. The summed E-state index contributed by atoms with van der Waals surface area (Å²) in [5.74, 6) is -13.3. The van der Waals surface area contributed by atoms with Crippen molar-refractivity contribution in [2.45, 2.75) is 181 Å². The summed E-state index contributed by atoms with van der Waals surface area (Å²) >= 11 is 9.54. The van der Waals surface area contributed by atoms with Crippen LogP contribution in [0.1, 0.15) is 194 Å². The van der Waals surface area contributed by atoms with Crippen molar-refractivity contribution in [3.63, 3.8) is 0 Å². The first-order valence-corrected chi connectivity index (χ1v) is 53.9. The largest absolute Gasteiger partial charge is 0.480 e. The fourth-order valence-electron chi connectivity index (χ4n) is 13.8. The number of carboxylic acids is 3. The zero-order chi connectivity index (χ0) is 88.2. The number of aliphatic imine (C=N–C) groups is 2. The van der Waals surface area contributed by atoms with Crippen LogP contribution in [0.2, 0.25) is 0 Å². The average molecular weight is 2310 g/mol. The fraction of sp³-hybridized carbons (Fsp3) is 0.397. The number of phenols is 12. The summed E-state index contributed by atoms with van der Waals surface area (Å²) in [7, 11) is 0. The van der Waals surface area contributed by atoms with Gasteiger partial charge in [-0.15, -0.1) is 24.0 Å². The molecule has 0 radical (unpaired) electrons. The second kappa shape index (κ2) is 43.5. The summed E-state index contributed by atoms with van der Waals surface area (Å²) in [4.78, 5) is 65.5. The van der Waals surface area contributed by atoms with E-state index in [1.54, 1.807) is 107 Å². The summed E-state index contributed by atoms with van der Waals surface area (Å²) in [5, 5.41) is 163. The van der Waals surface area contributed by atoms with Gasteiger partial charge in [-0.2, -0.15) is 0 Å². The van der Waals surface area contributed by atoms with Crippen molar-refractivity contribution in [3.8, 4) is 91.2 Å². The molecule has 0 saturated carbocycles. The number of carbonyl (C=O) groups is 5. The van der Waals surface area contributed by atoms with Gasteiger partial charge in [0.25, 0.3) is 19.3 Å². The molecular weight excluding hydrogens is 2220 g/mol. The van der Waals surface area contributed by atoms with Crippen LogP contribution in [0.4, 0.5) is 26.3 Å². The van der Waals surface area contributed by atoms with E-state index in [1.165, 1.54) is 0 Å². The van der Waals surface area contributed by atoms with Gasteiger partial charge in [-0.25, -0.2) is 40.7 Å². The number of hydrogen-bond donors (Lipinski definition) is 19. The van der Waals surface area contributed by atoms with Gasteiger partial charge in [0.1, 0.15) is 23.0 Å². The number of benzene rings is 8. The van der Waals surface area contributed by atoms with Crippen molar-refractivity contribution >= 4 is 184 Å². The third-order valence-electron chi connectivity index (χ3n) is 19.6. The van der Waals surface area contributed by atoms with Gasteiger partial charge in [-0.05, 0) is 140 Å². The summed E-state index contributed by atoms with van der Waals surface area (Å²) in [5.41, 5.74) is 15.0. The van der Waals surface area contributed by atoms with Gasteiger partial charge >= 0.3 is 68.4 Å². The van der Waals surface area contributed by atoms with Crippen LogP contribution < -0.4 is 36.2 Å². The molecule has 640 valence electrons. The van der Waals surface area contributed by atoms with E-state index in [1.807, 2.05) is 0 Å². The van der Waals surface area contributed by atoms with Crippen LogP contribution in [0.3, 0.4) is 0 Å². The van der Waals surface area contributed by atoms with Gasteiger partial charge in [0.2, 0.25) is 0 Å². The van der Waals surface area contributed by atoms with E-state index >= 15 is 0 Å². The first kappa shape index (κ1) is 103. The van der Waals surface area contributed by atoms with E-state index in [0.29, 0.717) is 70.0 Å². The SMILES string of the molecule is Cc1cc2c(C(C)C)c(O)c(O)c(C=NCCCC(N)(C(=O)O)C(F)F)c2c(O)c1-c1c(C)cc2c(C(C)C)c(O)c(O)c(C=NCCCC(N)(C(=O)O)C(F)F)c2c1O.Cc1cc2c(C(C)C)c(O)c(O)c(C=O)c2c(O)c1-c1c(C)cc2c(C(C)C)c(O)c(O)c(C=O)c2c1O.I.II.I[I-]I.NCCCC(N)(C(=O)O)C(F)F. The maximum atomic E-state index is 13.4. The van der Waals surface area contributed by atoms with E-state index in [2.05, 4.69) is 84.4 Å². The van der Waals surface area contributed by atoms with Crippen LogP contribution in [0.5, 0.6) is 69.0 Å². The smallest absolute Gasteiger partial charge is 0.329 e. The number of rotatable bonds is 27. The van der Waals surface area contributed by atoms with Crippen molar-refractivity contribution in [1.82, 2.24) is 0 Å². The number of aryl methyl sites for hydroxylation is 4. The molecule has 38 heteroatoms. The monoisotopic (exact) mass is 2310 g/mol. The van der Waals surface area contributed by atoms with Gasteiger partial charge in [0.15, 0.2) is 75.2 Å². The second-order valence-electron chi connectivity index (χ2n) is 28.5. The fourth-order valence-corrected chi connectivity index (χ4v) is 13.8. The number of hydrogen-bond acceptors (Lipinski definition) is 23. The van der Waals surface area contributed by atoms with Crippen LogP contribution in [0, 0.1) is 27.7 Å². The van der Waals surface area contributed by atoms with Crippen molar-refractivity contribution in [1.29, 1.82) is 0 Å². The Labute approximate surface area is 733 Å². The third kappa shape index (κ3) is 21.0. The predicted octanol–water partition coefficient (Wildman–Crippen LogP) is 14.6. The number of halogens is 12. The average Bonchev–Trinajstić information content (AvgIpc) is 0.723. The Balaban J connectivity index is 0.000000526. The number of aldehydes is 2. The zero-order valence-corrected chi connectivity index (χ0v) is 77.7. The summed E-state index contributed by atoms with van der Waals surface area (Å²) in [6.07, 6.45) is -8.79. The molecule has 0 aliphatic rings. The molecule has 3 atom stereocenters. The molecule has 8 rings (SSSR count). The first-order valence-electron chi connectivity index (χ1n) is 35.0.